The number of aliphatic hydroxyl groups is 2. The Kier molecular flexibility index (Phi) is 3.74. The van der Waals surface area contributed by atoms with E-state index in [1.54, 1.807) is 18.2 Å². The van der Waals surface area contributed by atoms with Crippen molar-refractivity contribution in [1.82, 2.24) is 4.90 Å². The lowest BCUT2D eigenvalue weighted by Crippen LogP contribution is -2.27. The Morgan fingerprint density at radius 2 is 1.78 bits per heavy atom. The molecule has 1 aromatic rings. The molecule has 0 radical (unpaired) electrons. The Bertz CT molecular complexity index is 448. The normalized spacial score (nSPS) is 23.8. The number of carbonyl (C=O) groups is 1. The molecule has 2 atom stereocenters. The first-order chi connectivity index (χ1) is 8.56. The van der Waals surface area contributed by atoms with Crippen molar-refractivity contribution in [2.45, 2.75) is 12.2 Å². The lowest BCUT2D eigenvalue weighted by molar-refractivity contribution is -0.125. The number of amides is 1. The number of hydrogen-bond acceptors (Lipinski definition) is 3. The summed E-state index contributed by atoms with van der Waals surface area (Å²) >= 11 is 0. The van der Waals surface area contributed by atoms with E-state index < -0.39 is 12.2 Å². The van der Waals surface area contributed by atoms with Crippen LogP contribution < -0.4 is 0 Å². The van der Waals surface area contributed by atoms with Crippen LogP contribution >= 0.6 is 0 Å². The van der Waals surface area contributed by atoms with E-state index in [9.17, 15) is 19.4 Å². The molecule has 1 aliphatic rings. The number of halogens is 1. The highest BCUT2D eigenvalue weighted by atomic mass is 19.1. The molecule has 5 heteroatoms. The Hall–Kier alpha value is -1.72. The molecular weight excluding hydrogens is 237 g/mol. The zero-order valence-corrected chi connectivity index (χ0v) is 9.66. The molecule has 2 N–H and O–H groups in total. The number of carbonyl (C=O) groups excluding carboxylic acids is 1. The number of nitrogens with zero attached hydrogens (tertiary/aromatic N) is 1. The summed E-state index contributed by atoms with van der Waals surface area (Å²) in [6.07, 6.45) is 1.15. The van der Waals surface area contributed by atoms with E-state index in [1.807, 2.05) is 0 Å². The molecule has 1 amide bonds. The molecule has 0 saturated carbocycles. The third-order valence-corrected chi connectivity index (χ3v) is 2.86. The zero-order chi connectivity index (χ0) is 13.1. The Labute approximate surface area is 104 Å². The summed E-state index contributed by atoms with van der Waals surface area (Å²) in [4.78, 5) is 13.1. The highest BCUT2D eigenvalue weighted by molar-refractivity contribution is 5.92. The summed E-state index contributed by atoms with van der Waals surface area (Å²) in [5.74, 6) is -0.612. The summed E-state index contributed by atoms with van der Waals surface area (Å²) < 4.78 is 12.7. The van der Waals surface area contributed by atoms with Crippen LogP contribution in [0.2, 0.25) is 0 Å². The van der Waals surface area contributed by atoms with Crippen LogP contribution in [0.4, 0.5) is 4.39 Å². The van der Waals surface area contributed by atoms with Gasteiger partial charge in [0.15, 0.2) is 0 Å². The maximum absolute atomic E-state index is 12.7. The third kappa shape index (κ3) is 2.94. The first-order valence-electron chi connectivity index (χ1n) is 5.65. The molecule has 4 nitrogen and oxygen atoms in total. The Morgan fingerprint density at radius 3 is 2.33 bits per heavy atom. The molecule has 1 fully saturated rings. The maximum Gasteiger partial charge on any atom is 0.246 e. The van der Waals surface area contributed by atoms with Crippen molar-refractivity contribution >= 4 is 12.0 Å². The van der Waals surface area contributed by atoms with Gasteiger partial charge in [0, 0.05) is 19.2 Å². The number of β-amino-alcohol motifs (C(OH)–C–C–N with tert-alkyl or cyclic N) is 2. The minimum absolute atomic E-state index is 0.133. The van der Waals surface area contributed by atoms with Gasteiger partial charge in [-0.3, -0.25) is 4.79 Å². The molecule has 1 aliphatic heterocycles. The molecule has 96 valence electrons. The van der Waals surface area contributed by atoms with Crippen LogP contribution in [0.15, 0.2) is 30.3 Å². The highest BCUT2D eigenvalue weighted by Gasteiger charge is 2.31. The van der Waals surface area contributed by atoms with Crippen LogP contribution in [0.25, 0.3) is 6.08 Å². The zero-order valence-electron chi connectivity index (χ0n) is 9.66. The quantitative estimate of drug-likeness (QED) is 0.748. The van der Waals surface area contributed by atoms with Crippen LogP contribution in [-0.4, -0.2) is 46.3 Å². The van der Waals surface area contributed by atoms with Crippen molar-refractivity contribution in [2.75, 3.05) is 13.1 Å². The second-order valence-corrected chi connectivity index (χ2v) is 4.26. The molecule has 1 saturated heterocycles. The monoisotopic (exact) mass is 251 g/mol. The van der Waals surface area contributed by atoms with E-state index in [-0.39, 0.29) is 24.8 Å². The number of rotatable bonds is 2. The second kappa shape index (κ2) is 5.29. The maximum atomic E-state index is 12.7. The lowest BCUT2D eigenvalue weighted by Gasteiger charge is -2.11. The SMILES string of the molecule is O=C(C=Cc1ccc(F)cc1)N1C[C@@H](O)[C@@H](O)C1. The van der Waals surface area contributed by atoms with Crippen molar-refractivity contribution in [1.29, 1.82) is 0 Å². The molecule has 18 heavy (non-hydrogen) atoms. The molecule has 0 spiro atoms. The van der Waals surface area contributed by atoms with Gasteiger partial charge < -0.3 is 15.1 Å². The third-order valence-electron chi connectivity index (χ3n) is 2.86. The van der Waals surface area contributed by atoms with E-state index in [0.29, 0.717) is 5.56 Å². The summed E-state index contributed by atoms with van der Waals surface area (Å²) in [6, 6.07) is 5.75. The molecule has 0 unspecified atom stereocenters. The number of benzene rings is 1. The smallest absolute Gasteiger partial charge is 0.246 e. The summed E-state index contributed by atoms with van der Waals surface area (Å²) in [6.45, 7) is 0.265. The average Bonchev–Trinajstić information content (AvgIpc) is 2.69. The van der Waals surface area contributed by atoms with Gasteiger partial charge in [0.1, 0.15) is 5.82 Å². The molecule has 2 rings (SSSR count). The van der Waals surface area contributed by atoms with Crippen molar-refractivity contribution < 1.29 is 19.4 Å². The highest BCUT2D eigenvalue weighted by Crippen LogP contribution is 2.11. The van der Waals surface area contributed by atoms with E-state index in [4.69, 9.17) is 0 Å². The first kappa shape index (κ1) is 12.7. The fourth-order valence-electron chi connectivity index (χ4n) is 1.80. The first-order valence-corrected chi connectivity index (χ1v) is 5.65. The predicted octanol–water partition coefficient (Wildman–Crippen LogP) is 0.403. The molecule has 0 aliphatic carbocycles. The van der Waals surface area contributed by atoms with E-state index in [2.05, 4.69) is 0 Å². The van der Waals surface area contributed by atoms with Crippen molar-refractivity contribution in [2.24, 2.45) is 0 Å². The minimum atomic E-state index is -0.881. The van der Waals surface area contributed by atoms with E-state index in [1.165, 1.54) is 23.1 Å². The van der Waals surface area contributed by atoms with Gasteiger partial charge in [-0.15, -0.1) is 0 Å². The summed E-state index contributed by atoms with van der Waals surface area (Å²) in [5, 5.41) is 18.6. The number of likely N-dealkylation sites (tertiary alicyclic amines) is 1. The average molecular weight is 251 g/mol. The molecule has 0 aromatic heterocycles. The topological polar surface area (TPSA) is 60.8 Å². The van der Waals surface area contributed by atoms with Crippen LogP contribution in [0, 0.1) is 5.82 Å². The van der Waals surface area contributed by atoms with Gasteiger partial charge >= 0.3 is 0 Å². The standard InChI is InChI=1S/C13H14FNO3/c14-10-4-1-9(2-5-10)3-6-13(18)15-7-11(16)12(17)8-15/h1-6,11-12,16-17H,7-8H2/t11-,12+. The van der Waals surface area contributed by atoms with E-state index >= 15 is 0 Å². The van der Waals surface area contributed by atoms with Crippen molar-refractivity contribution in [3.8, 4) is 0 Å². The second-order valence-electron chi connectivity index (χ2n) is 4.26. The number of hydrogen-bond donors (Lipinski definition) is 2. The van der Waals surface area contributed by atoms with Crippen molar-refractivity contribution in [3.05, 3.63) is 41.7 Å². The van der Waals surface area contributed by atoms with Gasteiger partial charge in [-0.05, 0) is 23.8 Å². The molecule has 1 heterocycles. The van der Waals surface area contributed by atoms with Gasteiger partial charge in [0.05, 0.1) is 12.2 Å². The van der Waals surface area contributed by atoms with Gasteiger partial charge in [-0.25, -0.2) is 4.39 Å². The summed E-state index contributed by atoms with van der Waals surface area (Å²) in [5.41, 5.74) is 0.713. The fraction of sp³-hybridized carbons (Fsp3) is 0.308. The van der Waals surface area contributed by atoms with Crippen molar-refractivity contribution in [3.63, 3.8) is 0 Å². The largest absolute Gasteiger partial charge is 0.388 e. The molecule has 0 bridgehead atoms. The number of aliphatic hydroxyl groups excluding tert-OH is 2. The van der Waals surface area contributed by atoms with Gasteiger partial charge in [0.2, 0.25) is 5.91 Å². The Morgan fingerprint density at radius 1 is 1.22 bits per heavy atom. The van der Waals surface area contributed by atoms with Crippen LogP contribution in [-0.2, 0) is 4.79 Å². The van der Waals surface area contributed by atoms with Gasteiger partial charge in [0.25, 0.3) is 0 Å². The van der Waals surface area contributed by atoms with Crippen LogP contribution in [0.5, 0.6) is 0 Å². The molecular formula is C13H14FNO3. The van der Waals surface area contributed by atoms with E-state index in [0.717, 1.165) is 0 Å². The van der Waals surface area contributed by atoms with Gasteiger partial charge in [-0.2, -0.15) is 0 Å². The minimum Gasteiger partial charge on any atom is -0.388 e. The van der Waals surface area contributed by atoms with Crippen LogP contribution in [0.3, 0.4) is 0 Å². The fourth-order valence-corrected chi connectivity index (χ4v) is 1.80. The van der Waals surface area contributed by atoms with Crippen LogP contribution in [0.1, 0.15) is 5.56 Å². The summed E-state index contributed by atoms with van der Waals surface area (Å²) in [7, 11) is 0. The Balaban J connectivity index is 1.97. The lowest BCUT2D eigenvalue weighted by atomic mass is 10.2. The van der Waals surface area contributed by atoms with Gasteiger partial charge in [-0.1, -0.05) is 12.1 Å². The predicted molar refractivity (Wildman–Crippen MR) is 64.0 cm³/mol. The molecule has 1 aromatic carbocycles.